The van der Waals surface area contributed by atoms with Crippen LogP contribution in [0.4, 0.5) is 22.4 Å². The second-order valence-corrected chi connectivity index (χ2v) is 8.72. The molecule has 1 fully saturated rings. The van der Waals surface area contributed by atoms with Gasteiger partial charge in [0.1, 0.15) is 28.5 Å². The van der Waals surface area contributed by atoms with Crippen LogP contribution in [-0.2, 0) is 4.74 Å². The quantitative estimate of drug-likeness (QED) is 0.256. The van der Waals surface area contributed by atoms with E-state index in [1.165, 1.54) is 43.8 Å². The molecular formula is C25H25F4N3O6. The number of hydrogen-bond donors (Lipinski definition) is 1. The molecule has 1 amide bonds. The van der Waals surface area contributed by atoms with Crippen molar-refractivity contribution in [3.8, 4) is 28.5 Å². The zero-order chi connectivity index (χ0) is 27.4. The van der Waals surface area contributed by atoms with E-state index in [0.717, 1.165) is 20.0 Å². The summed E-state index contributed by atoms with van der Waals surface area (Å²) < 4.78 is 75.5. The van der Waals surface area contributed by atoms with E-state index in [9.17, 15) is 27.2 Å². The summed E-state index contributed by atoms with van der Waals surface area (Å²) in [5.41, 5.74) is 1.09. The Morgan fingerprint density at radius 2 is 1.92 bits per heavy atom. The van der Waals surface area contributed by atoms with Crippen LogP contribution in [0.15, 0.2) is 36.7 Å². The first-order valence-electron chi connectivity index (χ1n) is 11.6. The fraction of sp³-hybridized carbons (Fsp3) is 0.400. The van der Waals surface area contributed by atoms with Crippen LogP contribution in [0.5, 0.6) is 17.2 Å². The van der Waals surface area contributed by atoms with Crippen molar-refractivity contribution < 1.29 is 46.1 Å². The van der Waals surface area contributed by atoms with Crippen molar-refractivity contribution in [3.63, 3.8) is 0 Å². The number of Topliss-reactive ketones (excluding diaryl/α,β-unsaturated/α-hetero) is 1. The number of alkyl carbamates (subject to hydrolysis) is 1. The average Bonchev–Trinajstić information content (AvgIpc) is 3.60. The Labute approximate surface area is 214 Å². The number of imidazole rings is 1. The van der Waals surface area contributed by atoms with Crippen LogP contribution < -0.4 is 19.5 Å². The molecule has 204 valence electrons. The standard InChI is InChI=1S/C25H25F4N3O6/c1-35-19-8-15(9-20(38-23(26)27)22(19)18(33)7-14-3-4-14)17-11-30-21-10-16(5-6-32(17)21)37-13-25(28,29)12-31-24(34)36-2/h5-6,8-11,14,23H,3-4,7,12-13H2,1-2H3,(H,31,34). The zero-order valence-corrected chi connectivity index (χ0v) is 20.5. The normalized spacial score (nSPS) is 13.4. The monoisotopic (exact) mass is 539 g/mol. The third kappa shape index (κ3) is 6.45. The maximum atomic E-state index is 14.0. The van der Waals surface area contributed by atoms with Crippen molar-refractivity contribution >= 4 is 17.5 Å². The number of alkyl halides is 4. The molecule has 1 saturated carbocycles. The topological polar surface area (TPSA) is 100 Å². The SMILES string of the molecule is COC(=O)NCC(F)(F)COc1ccn2c(-c3cc(OC)c(C(=O)CC4CC4)c(OC(F)F)c3)cnc2c1. The average molecular weight is 539 g/mol. The summed E-state index contributed by atoms with van der Waals surface area (Å²) in [4.78, 5) is 28.1. The van der Waals surface area contributed by atoms with Crippen molar-refractivity contribution in [1.82, 2.24) is 14.7 Å². The second-order valence-electron chi connectivity index (χ2n) is 8.72. The highest BCUT2D eigenvalue weighted by Crippen LogP contribution is 2.40. The van der Waals surface area contributed by atoms with E-state index in [0.29, 0.717) is 16.9 Å². The number of amides is 1. The van der Waals surface area contributed by atoms with E-state index < -0.39 is 31.8 Å². The number of ether oxygens (including phenoxy) is 4. The lowest BCUT2D eigenvalue weighted by Crippen LogP contribution is -2.40. The summed E-state index contributed by atoms with van der Waals surface area (Å²) in [6, 6.07) is 5.68. The van der Waals surface area contributed by atoms with Gasteiger partial charge in [0.25, 0.3) is 5.92 Å². The van der Waals surface area contributed by atoms with Gasteiger partial charge in [-0.2, -0.15) is 8.78 Å². The molecule has 4 rings (SSSR count). The van der Waals surface area contributed by atoms with Gasteiger partial charge >= 0.3 is 12.7 Å². The molecule has 0 bridgehead atoms. The fourth-order valence-corrected chi connectivity index (χ4v) is 3.83. The van der Waals surface area contributed by atoms with Crippen LogP contribution in [0.1, 0.15) is 29.6 Å². The molecule has 38 heavy (non-hydrogen) atoms. The molecule has 3 aromatic rings. The number of hydrogen-bond acceptors (Lipinski definition) is 7. The molecule has 1 aliphatic carbocycles. The fourth-order valence-electron chi connectivity index (χ4n) is 3.83. The van der Waals surface area contributed by atoms with Gasteiger partial charge < -0.3 is 24.3 Å². The Morgan fingerprint density at radius 1 is 1.18 bits per heavy atom. The smallest absolute Gasteiger partial charge is 0.407 e. The van der Waals surface area contributed by atoms with Crippen molar-refractivity contribution in [2.45, 2.75) is 31.8 Å². The van der Waals surface area contributed by atoms with Gasteiger partial charge in [-0.15, -0.1) is 0 Å². The van der Waals surface area contributed by atoms with Crippen LogP contribution in [0.3, 0.4) is 0 Å². The molecule has 0 aliphatic heterocycles. The summed E-state index contributed by atoms with van der Waals surface area (Å²) >= 11 is 0. The van der Waals surface area contributed by atoms with Gasteiger partial charge in [-0.25, -0.2) is 18.6 Å². The first-order chi connectivity index (χ1) is 18.1. The highest BCUT2D eigenvalue weighted by Gasteiger charge is 2.32. The molecule has 0 radical (unpaired) electrons. The molecule has 13 heteroatoms. The Morgan fingerprint density at radius 3 is 2.58 bits per heavy atom. The number of carbonyl (C=O) groups excluding carboxylic acids is 2. The van der Waals surface area contributed by atoms with Gasteiger partial charge in [0.2, 0.25) is 0 Å². The molecule has 1 N–H and O–H groups in total. The van der Waals surface area contributed by atoms with Gasteiger partial charge in [-0.1, -0.05) is 0 Å². The number of nitrogens with zero attached hydrogens (tertiary/aromatic N) is 2. The van der Waals surface area contributed by atoms with E-state index >= 15 is 0 Å². The highest BCUT2D eigenvalue weighted by molar-refractivity contribution is 6.02. The maximum Gasteiger partial charge on any atom is 0.407 e. The number of aromatic nitrogens is 2. The van der Waals surface area contributed by atoms with E-state index in [-0.39, 0.29) is 40.9 Å². The minimum Gasteiger partial charge on any atom is -0.496 e. The third-order valence-corrected chi connectivity index (χ3v) is 5.86. The lowest BCUT2D eigenvalue weighted by atomic mass is 10.00. The van der Waals surface area contributed by atoms with E-state index in [2.05, 4.69) is 9.72 Å². The lowest BCUT2D eigenvalue weighted by Gasteiger charge is -2.17. The number of fused-ring (bicyclic) bond motifs is 1. The Balaban J connectivity index is 1.59. The Bertz CT molecular complexity index is 1330. The number of halogens is 4. The van der Waals surface area contributed by atoms with E-state index in [4.69, 9.17) is 14.2 Å². The minimum absolute atomic E-state index is 0.0458. The Hall–Kier alpha value is -4.03. The predicted molar refractivity (Wildman–Crippen MR) is 126 cm³/mol. The van der Waals surface area contributed by atoms with E-state index in [1.54, 1.807) is 4.40 Å². The summed E-state index contributed by atoms with van der Waals surface area (Å²) in [6.07, 6.45) is 3.99. The van der Waals surface area contributed by atoms with Crippen molar-refractivity contribution in [3.05, 3.63) is 42.2 Å². The molecule has 0 spiro atoms. The van der Waals surface area contributed by atoms with Gasteiger partial charge in [-0.05, 0) is 37.0 Å². The van der Waals surface area contributed by atoms with Crippen LogP contribution >= 0.6 is 0 Å². The lowest BCUT2D eigenvalue weighted by molar-refractivity contribution is -0.0502. The molecule has 0 atom stereocenters. The molecular weight excluding hydrogens is 514 g/mol. The number of rotatable bonds is 12. The van der Waals surface area contributed by atoms with Gasteiger partial charge in [0.15, 0.2) is 12.4 Å². The summed E-state index contributed by atoms with van der Waals surface area (Å²) in [7, 11) is 2.39. The first kappa shape index (κ1) is 27.0. The first-order valence-corrected chi connectivity index (χ1v) is 11.6. The van der Waals surface area contributed by atoms with E-state index in [1.807, 2.05) is 5.32 Å². The van der Waals surface area contributed by atoms with Crippen molar-refractivity contribution in [2.24, 2.45) is 5.92 Å². The molecule has 0 unspecified atom stereocenters. The number of methoxy groups -OCH3 is 2. The molecule has 0 saturated heterocycles. The predicted octanol–water partition coefficient (Wildman–Crippen LogP) is 4.96. The highest BCUT2D eigenvalue weighted by atomic mass is 19.3. The molecule has 1 aliphatic rings. The maximum absolute atomic E-state index is 14.0. The van der Waals surface area contributed by atoms with Crippen LogP contribution in [-0.4, -0.2) is 61.2 Å². The summed E-state index contributed by atoms with van der Waals surface area (Å²) in [6.45, 7) is -5.15. The number of ketones is 1. The number of benzene rings is 1. The van der Waals surface area contributed by atoms with Gasteiger partial charge in [-0.3, -0.25) is 9.20 Å². The molecule has 9 nitrogen and oxygen atoms in total. The molecule has 2 heterocycles. The Kier molecular flexibility index (Phi) is 7.93. The number of pyridine rings is 1. The van der Waals surface area contributed by atoms with Crippen LogP contribution in [0, 0.1) is 5.92 Å². The number of nitrogens with one attached hydrogen (secondary N) is 1. The van der Waals surface area contributed by atoms with Crippen LogP contribution in [0.25, 0.3) is 16.9 Å². The zero-order valence-electron chi connectivity index (χ0n) is 20.5. The molecule has 1 aromatic carbocycles. The number of carbonyl (C=O) groups is 2. The summed E-state index contributed by atoms with van der Waals surface area (Å²) in [5, 5.41) is 1.91. The molecule has 2 aromatic heterocycles. The van der Waals surface area contributed by atoms with Gasteiger partial charge in [0.05, 0.1) is 32.7 Å². The van der Waals surface area contributed by atoms with Crippen molar-refractivity contribution in [1.29, 1.82) is 0 Å². The minimum atomic E-state index is -3.36. The largest absolute Gasteiger partial charge is 0.496 e. The van der Waals surface area contributed by atoms with Gasteiger partial charge in [0, 0.05) is 24.2 Å². The summed E-state index contributed by atoms with van der Waals surface area (Å²) in [5.74, 6) is -3.61. The second kappa shape index (κ2) is 11.2. The third-order valence-electron chi connectivity index (χ3n) is 5.86. The van der Waals surface area contributed by atoms with Crippen molar-refractivity contribution in [2.75, 3.05) is 27.4 Å². The van der Waals surface area contributed by atoms with Crippen LogP contribution in [0.2, 0.25) is 0 Å².